The molecule has 3 N–H and O–H groups in total. The van der Waals surface area contributed by atoms with Gasteiger partial charge in [0.25, 0.3) is 0 Å². The van der Waals surface area contributed by atoms with Gasteiger partial charge in [0, 0.05) is 0 Å². The zero-order chi connectivity index (χ0) is 13.4. The summed E-state index contributed by atoms with van der Waals surface area (Å²) in [4.78, 5) is 10.3. The minimum Gasteiger partial charge on any atom is -0.480 e. The van der Waals surface area contributed by atoms with E-state index in [1.54, 1.807) is 6.92 Å². The molecule has 0 bridgehead atoms. The summed E-state index contributed by atoms with van der Waals surface area (Å²) in [5, 5.41) is 26.9. The quantitative estimate of drug-likeness (QED) is 0.758. The second kappa shape index (κ2) is 9.57. The molecule has 7 nitrogen and oxygen atoms in total. The number of nitrogens with zero attached hydrogens (tertiary/aromatic N) is 4. The molecule has 9 heteroatoms. The van der Waals surface area contributed by atoms with Crippen molar-refractivity contribution < 1.29 is 28.5 Å². The first kappa shape index (κ1) is 17.7. The molecule has 2 aromatic heterocycles. The number of carbonyl (C=O) groups is 1. The zero-order valence-corrected chi connectivity index (χ0v) is 12.2. The third-order valence-corrected chi connectivity index (χ3v) is 2.42. The molecule has 1 radical (unpaired) electrons. The maximum absolute atomic E-state index is 10.3. The van der Waals surface area contributed by atoms with Gasteiger partial charge in [0.2, 0.25) is 0 Å². The third-order valence-electron chi connectivity index (χ3n) is 1.76. The molecule has 0 saturated carbocycles. The Kier molecular flexibility index (Phi) is 8.89. The van der Waals surface area contributed by atoms with Crippen molar-refractivity contribution in [1.82, 2.24) is 20.4 Å². The van der Waals surface area contributed by atoms with E-state index in [1.165, 1.54) is 11.3 Å². The average molecular weight is 316 g/mol. The van der Waals surface area contributed by atoms with Gasteiger partial charge in [-0.2, -0.15) is 21.1 Å². The van der Waals surface area contributed by atoms with Crippen LogP contribution in [0.5, 0.6) is 0 Å². The largest absolute Gasteiger partial charge is 2.00 e. The van der Waals surface area contributed by atoms with Gasteiger partial charge in [-0.15, -0.1) is 5.38 Å². The molecule has 0 amide bonds. The third kappa shape index (κ3) is 7.63. The predicted octanol–water partition coefficient (Wildman–Crippen LogP) is -0.125. The molecule has 0 spiro atoms. The monoisotopic (exact) mass is 316 g/mol. The van der Waals surface area contributed by atoms with E-state index in [2.05, 4.69) is 32.1 Å². The molecule has 0 unspecified atom stereocenters. The van der Waals surface area contributed by atoms with Crippen LogP contribution in [-0.2, 0) is 29.8 Å². The molecule has 2 heterocycles. The van der Waals surface area contributed by atoms with Crippen LogP contribution in [0.15, 0.2) is 11.4 Å². The number of aromatic nitrogens is 4. The van der Waals surface area contributed by atoms with Crippen molar-refractivity contribution in [2.75, 3.05) is 0 Å². The Morgan fingerprint density at radius 1 is 1.53 bits per heavy atom. The molecule has 1 atom stereocenters. The summed E-state index contributed by atoms with van der Waals surface area (Å²) in [5.74, 6) is -0.400. The molecular weight excluding hydrogens is 305 g/mol. The summed E-state index contributed by atoms with van der Waals surface area (Å²) in [5.41, 5.74) is 6.16. The van der Waals surface area contributed by atoms with E-state index in [0.717, 1.165) is 5.56 Å². The number of aryl methyl sites for hydroxylation is 1. The first-order chi connectivity index (χ1) is 8.59. The molecule has 0 aliphatic heterocycles. The van der Waals surface area contributed by atoms with E-state index in [4.69, 9.17) is 10.8 Å². The Morgan fingerprint density at radius 3 is 2.53 bits per heavy atom. The van der Waals surface area contributed by atoms with Gasteiger partial charge in [-0.1, -0.05) is 0 Å². The van der Waals surface area contributed by atoms with Crippen LogP contribution < -0.4 is 5.73 Å². The van der Waals surface area contributed by atoms with Crippen LogP contribution in [0.2, 0.25) is 0 Å². The fraction of sp³-hybridized carbons (Fsp3) is 0.300. The maximum Gasteiger partial charge on any atom is 2.00 e. The van der Waals surface area contributed by atoms with Crippen molar-refractivity contribution in [2.45, 2.75) is 19.4 Å². The predicted molar refractivity (Wildman–Crippen MR) is 63.7 cm³/mol. The van der Waals surface area contributed by atoms with Crippen molar-refractivity contribution in [2.24, 2.45) is 5.73 Å². The van der Waals surface area contributed by atoms with Gasteiger partial charge >= 0.3 is 24.5 Å². The van der Waals surface area contributed by atoms with E-state index >= 15 is 0 Å². The smallest absolute Gasteiger partial charge is 0.480 e. The van der Waals surface area contributed by atoms with E-state index in [-0.39, 0.29) is 18.6 Å². The number of thiophene rings is 1. The Balaban J connectivity index is 0.000000352. The van der Waals surface area contributed by atoms with Gasteiger partial charge < -0.3 is 32.4 Å². The molecule has 99 valence electrons. The van der Waals surface area contributed by atoms with Crippen LogP contribution in [0.3, 0.4) is 0 Å². The molecule has 2 rings (SSSR count). The Morgan fingerprint density at radius 2 is 2.16 bits per heavy atom. The van der Waals surface area contributed by atoms with Crippen LogP contribution in [0.4, 0.5) is 0 Å². The second-order valence-electron chi connectivity index (χ2n) is 3.24. The zero-order valence-electron chi connectivity index (χ0n) is 10.0. The van der Waals surface area contributed by atoms with Gasteiger partial charge in [-0.25, -0.2) is 12.4 Å². The number of rotatable bonds is 3. The number of hydrogen-bond donors (Lipinski definition) is 2. The van der Waals surface area contributed by atoms with Crippen molar-refractivity contribution in [3.8, 4) is 0 Å². The standard InChI is InChI=1S/C7H8NO2S.C3H3N4.V/c8-6(7(9)10)3-5-1-2-11-4-5;1-3-6-4-2-5-7-3;/h1-2,6H,3,8H2,(H,9,10);1H3;/q2*-1;+2/t6-;;/m0../s1. The summed E-state index contributed by atoms with van der Waals surface area (Å²) in [6.07, 6.45) is 2.57. The van der Waals surface area contributed by atoms with E-state index in [1.807, 2.05) is 11.4 Å². The summed E-state index contributed by atoms with van der Waals surface area (Å²) in [6, 6.07) is 1.02. The SMILES string of the molecule is Cc1nn[c-]nn1.N[C@@H](Cc1[c-]scc1)C(=O)O.[V+2]. The normalized spacial score (nSPS) is 10.6. The van der Waals surface area contributed by atoms with Crippen LogP contribution in [0.25, 0.3) is 0 Å². The summed E-state index contributed by atoms with van der Waals surface area (Å²) >= 11 is 1.42. The van der Waals surface area contributed by atoms with Gasteiger partial charge in [0.1, 0.15) is 6.04 Å². The molecule has 19 heavy (non-hydrogen) atoms. The number of nitrogens with two attached hydrogens (primary N) is 1. The number of carboxylic acids is 1. The Bertz CT molecular complexity index is 468. The van der Waals surface area contributed by atoms with E-state index < -0.39 is 12.0 Å². The van der Waals surface area contributed by atoms with Crippen LogP contribution >= 0.6 is 11.3 Å². The molecular formula is C10H11N5O2SV. The molecule has 0 aliphatic rings. The minimum absolute atomic E-state index is 0. The maximum atomic E-state index is 10.3. The van der Waals surface area contributed by atoms with Crippen molar-refractivity contribution in [1.29, 1.82) is 0 Å². The molecule has 0 aromatic carbocycles. The molecule has 2 aromatic rings. The van der Waals surface area contributed by atoms with Gasteiger partial charge in [-0.05, 0) is 13.3 Å². The van der Waals surface area contributed by atoms with Gasteiger partial charge in [0.15, 0.2) is 5.82 Å². The number of hydrogen-bond acceptors (Lipinski definition) is 7. The molecule has 0 saturated heterocycles. The van der Waals surface area contributed by atoms with Gasteiger partial charge in [-0.3, -0.25) is 4.79 Å². The van der Waals surface area contributed by atoms with Crippen LogP contribution in [0.1, 0.15) is 11.4 Å². The van der Waals surface area contributed by atoms with E-state index in [9.17, 15) is 4.79 Å². The van der Waals surface area contributed by atoms with Crippen LogP contribution in [0, 0.1) is 18.6 Å². The summed E-state index contributed by atoms with van der Waals surface area (Å²) in [7, 11) is 0. The summed E-state index contributed by atoms with van der Waals surface area (Å²) < 4.78 is 0. The fourth-order valence-electron chi connectivity index (χ4n) is 0.923. The molecule has 0 fully saturated rings. The molecule has 0 aliphatic carbocycles. The first-order valence-corrected chi connectivity index (χ1v) is 5.80. The van der Waals surface area contributed by atoms with Crippen molar-refractivity contribution >= 4 is 17.3 Å². The topological polar surface area (TPSA) is 115 Å². The second-order valence-corrected chi connectivity index (χ2v) is 3.96. The number of aliphatic carboxylic acids is 1. The van der Waals surface area contributed by atoms with Gasteiger partial charge in [0.05, 0.1) is 0 Å². The first-order valence-electron chi connectivity index (χ1n) is 4.92. The summed E-state index contributed by atoms with van der Waals surface area (Å²) in [6.45, 7) is 1.72. The Hall–Kier alpha value is -1.35. The van der Waals surface area contributed by atoms with Crippen LogP contribution in [-0.4, -0.2) is 37.5 Å². The van der Waals surface area contributed by atoms with Crippen molar-refractivity contribution in [3.63, 3.8) is 0 Å². The number of carboxylic acid groups (broad SMARTS) is 1. The van der Waals surface area contributed by atoms with E-state index in [0.29, 0.717) is 12.2 Å². The fourth-order valence-corrected chi connectivity index (χ4v) is 1.53. The Labute approximate surface area is 126 Å². The van der Waals surface area contributed by atoms with Crippen molar-refractivity contribution in [3.05, 3.63) is 34.5 Å². The average Bonchev–Trinajstić information content (AvgIpc) is 2.83. The minimum atomic E-state index is -0.968.